The molecule has 1 saturated heterocycles. The van der Waals surface area contributed by atoms with E-state index in [2.05, 4.69) is 5.16 Å². The molecular formula is C14H16N2O2. The molecule has 1 aromatic heterocycles. The lowest BCUT2D eigenvalue weighted by Gasteiger charge is -2.13. The predicted molar refractivity (Wildman–Crippen MR) is 68.3 cm³/mol. The fourth-order valence-electron chi connectivity index (χ4n) is 2.45. The number of amides is 1. The highest BCUT2D eigenvalue weighted by molar-refractivity contribution is 5.86. The molecule has 0 bridgehead atoms. The maximum absolute atomic E-state index is 12.1. The molecule has 0 aliphatic carbocycles. The highest BCUT2D eigenvalue weighted by Gasteiger charge is 2.20. The second-order valence-electron chi connectivity index (χ2n) is 4.89. The smallest absolute Gasteiger partial charge is 0.228 e. The summed E-state index contributed by atoms with van der Waals surface area (Å²) in [7, 11) is 0. The molecule has 1 amide bonds. The van der Waals surface area contributed by atoms with Gasteiger partial charge >= 0.3 is 0 Å². The minimum Gasteiger partial charge on any atom is -0.356 e. The summed E-state index contributed by atoms with van der Waals surface area (Å²) in [6.45, 7) is 3.79. The fraction of sp³-hybridized carbons (Fsp3) is 0.429. The summed E-state index contributed by atoms with van der Waals surface area (Å²) in [5.74, 6) is 0.157. The number of carbonyl (C=O) groups excluding carboxylic acids is 1. The number of rotatable bonds is 2. The quantitative estimate of drug-likeness (QED) is 0.814. The molecule has 0 spiro atoms. The van der Waals surface area contributed by atoms with Gasteiger partial charge in [-0.1, -0.05) is 16.8 Å². The van der Waals surface area contributed by atoms with E-state index in [1.165, 1.54) is 0 Å². The SMILES string of the molecule is Cc1ccc2onc(CC(=O)N3CCCC3)c2c1. The Morgan fingerprint density at radius 1 is 1.39 bits per heavy atom. The Balaban J connectivity index is 1.85. The van der Waals surface area contributed by atoms with Crippen molar-refractivity contribution in [1.29, 1.82) is 0 Å². The average molecular weight is 244 g/mol. The molecule has 94 valence electrons. The van der Waals surface area contributed by atoms with Crippen LogP contribution >= 0.6 is 0 Å². The topological polar surface area (TPSA) is 46.3 Å². The lowest BCUT2D eigenvalue weighted by Crippen LogP contribution is -2.29. The fourth-order valence-corrected chi connectivity index (χ4v) is 2.45. The van der Waals surface area contributed by atoms with Gasteiger partial charge in [0, 0.05) is 18.5 Å². The Bertz CT molecular complexity index is 582. The van der Waals surface area contributed by atoms with Gasteiger partial charge in [0.25, 0.3) is 0 Å². The number of carbonyl (C=O) groups is 1. The van der Waals surface area contributed by atoms with Crippen LogP contribution in [0.5, 0.6) is 0 Å². The summed E-state index contributed by atoms with van der Waals surface area (Å²) in [6, 6.07) is 5.92. The van der Waals surface area contributed by atoms with E-state index in [0.29, 0.717) is 6.42 Å². The van der Waals surface area contributed by atoms with Crippen LogP contribution in [0.3, 0.4) is 0 Å². The van der Waals surface area contributed by atoms with Crippen molar-refractivity contribution in [2.75, 3.05) is 13.1 Å². The Labute approximate surface area is 106 Å². The number of aromatic nitrogens is 1. The number of likely N-dealkylation sites (tertiary alicyclic amines) is 1. The van der Waals surface area contributed by atoms with Crippen LogP contribution < -0.4 is 0 Å². The second kappa shape index (κ2) is 4.44. The van der Waals surface area contributed by atoms with E-state index in [9.17, 15) is 4.79 Å². The lowest BCUT2D eigenvalue weighted by atomic mass is 10.1. The number of hydrogen-bond donors (Lipinski definition) is 0. The van der Waals surface area contributed by atoms with Crippen LogP contribution in [0.4, 0.5) is 0 Å². The van der Waals surface area contributed by atoms with Crippen LogP contribution in [0.2, 0.25) is 0 Å². The second-order valence-corrected chi connectivity index (χ2v) is 4.89. The number of nitrogens with zero attached hydrogens (tertiary/aromatic N) is 2. The summed E-state index contributed by atoms with van der Waals surface area (Å²) in [4.78, 5) is 14.0. The van der Waals surface area contributed by atoms with Crippen LogP contribution in [0.25, 0.3) is 11.0 Å². The van der Waals surface area contributed by atoms with Crippen LogP contribution in [0.1, 0.15) is 24.1 Å². The third-order valence-electron chi connectivity index (χ3n) is 3.48. The van der Waals surface area contributed by atoms with Crippen LogP contribution in [0.15, 0.2) is 22.7 Å². The first kappa shape index (κ1) is 11.3. The zero-order valence-corrected chi connectivity index (χ0v) is 10.5. The van der Waals surface area contributed by atoms with Crippen molar-refractivity contribution in [3.05, 3.63) is 29.5 Å². The van der Waals surface area contributed by atoms with Gasteiger partial charge < -0.3 is 9.42 Å². The van der Waals surface area contributed by atoms with Gasteiger partial charge in [0.1, 0.15) is 5.69 Å². The summed E-state index contributed by atoms with van der Waals surface area (Å²) < 4.78 is 5.25. The van der Waals surface area contributed by atoms with Gasteiger partial charge in [-0.25, -0.2) is 0 Å². The number of fused-ring (bicyclic) bond motifs is 1. The van der Waals surface area contributed by atoms with Gasteiger partial charge in [-0.2, -0.15) is 0 Å². The van der Waals surface area contributed by atoms with Crippen molar-refractivity contribution in [2.45, 2.75) is 26.2 Å². The van der Waals surface area contributed by atoms with E-state index in [1.807, 2.05) is 30.0 Å². The van der Waals surface area contributed by atoms with Crippen LogP contribution in [-0.4, -0.2) is 29.1 Å². The summed E-state index contributed by atoms with van der Waals surface area (Å²) in [5.41, 5.74) is 2.66. The molecule has 1 aliphatic heterocycles. The molecule has 0 atom stereocenters. The standard InChI is InChI=1S/C14H16N2O2/c1-10-4-5-13-11(8-10)12(15-18-13)9-14(17)16-6-2-3-7-16/h4-5,8H,2-3,6-7,9H2,1H3. The van der Waals surface area contributed by atoms with Gasteiger partial charge in [-0.3, -0.25) is 4.79 Å². The molecule has 1 aromatic carbocycles. The molecule has 4 heteroatoms. The number of benzene rings is 1. The van der Waals surface area contributed by atoms with Crippen LogP contribution in [-0.2, 0) is 11.2 Å². The first-order chi connectivity index (χ1) is 8.74. The molecule has 3 rings (SSSR count). The maximum atomic E-state index is 12.1. The van der Waals surface area contributed by atoms with E-state index in [-0.39, 0.29) is 5.91 Å². The summed E-state index contributed by atoms with van der Waals surface area (Å²) >= 11 is 0. The average Bonchev–Trinajstić information content (AvgIpc) is 2.99. The Kier molecular flexibility index (Phi) is 2.78. The first-order valence-electron chi connectivity index (χ1n) is 6.37. The highest BCUT2D eigenvalue weighted by Crippen LogP contribution is 2.21. The molecule has 4 nitrogen and oxygen atoms in total. The van der Waals surface area contributed by atoms with E-state index in [4.69, 9.17) is 4.52 Å². The minimum absolute atomic E-state index is 0.157. The maximum Gasteiger partial charge on any atom is 0.228 e. The van der Waals surface area contributed by atoms with E-state index in [0.717, 1.165) is 48.2 Å². The molecule has 0 N–H and O–H groups in total. The Morgan fingerprint density at radius 2 is 2.17 bits per heavy atom. The zero-order valence-electron chi connectivity index (χ0n) is 10.5. The van der Waals surface area contributed by atoms with Crippen molar-refractivity contribution >= 4 is 16.9 Å². The lowest BCUT2D eigenvalue weighted by molar-refractivity contribution is -0.129. The van der Waals surface area contributed by atoms with Gasteiger partial charge in [-0.15, -0.1) is 0 Å². The van der Waals surface area contributed by atoms with Crippen molar-refractivity contribution in [2.24, 2.45) is 0 Å². The van der Waals surface area contributed by atoms with E-state index < -0.39 is 0 Å². The molecule has 1 fully saturated rings. The molecular weight excluding hydrogens is 228 g/mol. The number of hydrogen-bond acceptors (Lipinski definition) is 3. The minimum atomic E-state index is 0.157. The Morgan fingerprint density at radius 3 is 2.94 bits per heavy atom. The monoisotopic (exact) mass is 244 g/mol. The summed E-state index contributed by atoms with van der Waals surface area (Å²) in [6.07, 6.45) is 2.57. The molecule has 0 saturated carbocycles. The molecule has 2 aromatic rings. The van der Waals surface area contributed by atoms with Gasteiger partial charge in [0.15, 0.2) is 5.58 Å². The highest BCUT2D eigenvalue weighted by atomic mass is 16.5. The molecule has 2 heterocycles. The molecule has 0 unspecified atom stereocenters. The van der Waals surface area contributed by atoms with Crippen molar-refractivity contribution in [1.82, 2.24) is 10.1 Å². The third kappa shape index (κ3) is 1.98. The van der Waals surface area contributed by atoms with Crippen molar-refractivity contribution in [3.8, 4) is 0 Å². The first-order valence-corrected chi connectivity index (χ1v) is 6.37. The van der Waals surface area contributed by atoms with Crippen LogP contribution in [0, 0.1) is 6.92 Å². The van der Waals surface area contributed by atoms with Gasteiger partial charge in [-0.05, 0) is 31.9 Å². The van der Waals surface area contributed by atoms with Crippen molar-refractivity contribution in [3.63, 3.8) is 0 Å². The molecule has 18 heavy (non-hydrogen) atoms. The normalized spacial score (nSPS) is 15.5. The molecule has 1 aliphatic rings. The Hall–Kier alpha value is -1.84. The predicted octanol–water partition coefficient (Wildman–Crippen LogP) is 2.30. The van der Waals surface area contributed by atoms with Gasteiger partial charge in [0.05, 0.1) is 6.42 Å². The summed E-state index contributed by atoms with van der Waals surface area (Å²) in [5, 5.41) is 4.99. The van der Waals surface area contributed by atoms with Crippen molar-refractivity contribution < 1.29 is 9.32 Å². The van der Waals surface area contributed by atoms with Gasteiger partial charge in [0.2, 0.25) is 5.91 Å². The number of aryl methyl sites for hydroxylation is 1. The zero-order chi connectivity index (χ0) is 12.5. The third-order valence-corrected chi connectivity index (χ3v) is 3.48. The molecule has 0 radical (unpaired) electrons. The largest absolute Gasteiger partial charge is 0.356 e. The van der Waals surface area contributed by atoms with E-state index >= 15 is 0 Å². The van der Waals surface area contributed by atoms with E-state index in [1.54, 1.807) is 0 Å².